The number of hydrogen-bond acceptors (Lipinski definition) is 6. The van der Waals surface area contributed by atoms with E-state index in [9.17, 15) is 18.5 Å². The highest BCUT2D eigenvalue weighted by molar-refractivity contribution is 8.13. The van der Waals surface area contributed by atoms with Crippen molar-refractivity contribution in [3.63, 3.8) is 0 Å². The summed E-state index contributed by atoms with van der Waals surface area (Å²) in [6.45, 7) is 3.61. The van der Waals surface area contributed by atoms with E-state index in [0.717, 1.165) is 5.56 Å². The molecule has 1 aromatic rings. The fraction of sp³-hybridized carbons (Fsp3) is 0.500. The smallest absolute Gasteiger partial charge is 0.311 e. The molecule has 0 saturated heterocycles. The molecule has 9 heteroatoms. The maximum atomic E-state index is 11.0. The molecule has 7 nitrogen and oxygen atoms in total. The van der Waals surface area contributed by atoms with Gasteiger partial charge < -0.3 is 9.47 Å². The van der Waals surface area contributed by atoms with E-state index in [-0.39, 0.29) is 37.0 Å². The maximum Gasteiger partial charge on any atom is 0.311 e. The first-order valence-corrected chi connectivity index (χ1v) is 8.57. The second-order valence-corrected chi connectivity index (χ2v) is 7.29. The molecule has 0 spiro atoms. The zero-order valence-electron chi connectivity index (χ0n) is 11.7. The summed E-state index contributed by atoms with van der Waals surface area (Å²) in [4.78, 5) is 10.5. The monoisotopic (exact) mass is 337 g/mol. The van der Waals surface area contributed by atoms with Gasteiger partial charge in [0.1, 0.15) is 6.61 Å². The minimum absolute atomic E-state index is 0.0514. The first-order valence-electron chi connectivity index (χ1n) is 6.09. The molecule has 0 unspecified atom stereocenters. The number of ether oxygens (including phenoxy) is 2. The molecule has 0 bridgehead atoms. The molecule has 0 aliphatic carbocycles. The van der Waals surface area contributed by atoms with Crippen LogP contribution in [0.1, 0.15) is 11.1 Å². The van der Waals surface area contributed by atoms with E-state index in [1.165, 1.54) is 6.07 Å². The van der Waals surface area contributed by atoms with Gasteiger partial charge in [-0.05, 0) is 25.0 Å². The summed E-state index contributed by atoms with van der Waals surface area (Å²) in [6, 6.07) is 3.21. The zero-order chi connectivity index (χ0) is 16.0. The van der Waals surface area contributed by atoms with Crippen LogP contribution in [0, 0.1) is 24.0 Å². The summed E-state index contributed by atoms with van der Waals surface area (Å²) in [5, 5.41) is 11.0. The van der Waals surface area contributed by atoms with Gasteiger partial charge in [0.2, 0.25) is 9.05 Å². The number of nitro groups is 1. The third-order valence-electron chi connectivity index (χ3n) is 2.54. The molecule has 1 aromatic carbocycles. The average molecular weight is 338 g/mol. The third kappa shape index (κ3) is 6.28. The lowest BCUT2D eigenvalue weighted by atomic mass is 10.1. The van der Waals surface area contributed by atoms with E-state index in [2.05, 4.69) is 0 Å². The molecular weight excluding hydrogens is 322 g/mol. The molecule has 0 fully saturated rings. The normalized spacial score (nSPS) is 11.4. The van der Waals surface area contributed by atoms with Crippen molar-refractivity contribution in [2.24, 2.45) is 0 Å². The molecule has 0 aliphatic heterocycles. The number of rotatable bonds is 8. The molecule has 0 radical (unpaired) electrons. The van der Waals surface area contributed by atoms with E-state index in [4.69, 9.17) is 20.2 Å². The molecule has 0 aliphatic rings. The van der Waals surface area contributed by atoms with Crippen molar-refractivity contribution in [2.45, 2.75) is 13.8 Å². The van der Waals surface area contributed by atoms with Crippen LogP contribution in [0.3, 0.4) is 0 Å². The Bertz CT molecular complexity index is 616. The fourth-order valence-electron chi connectivity index (χ4n) is 1.72. The molecule has 0 aromatic heterocycles. The summed E-state index contributed by atoms with van der Waals surface area (Å²) >= 11 is 0. The second-order valence-electron chi connectivity index (χ2n) is 4.39. The molecule has 118 valence electrons. The van der Waals surface area contributed by atoms with Crippen LogP contribution in [0.15, 0.2) is 12.1 Å². The Balaban J connectivity index is 2.54. The van der Waals surface area contributed by atoms with Crippen LogP contribution < -0.4 is 4.74 Å². The Morgan fingerprint density at radius 2 is 1.90 bits per heavy atom. The molecule has 21 heavy (non-hydrogen) atoms. The third-order valence-corrected chi connectivity index (χ3v) is 3.66. The highest BCUT2D eigenvalue weighted by atomic mass is 35.7. The fourth-order valence-corrected chi connectivity index (χ4v) is 2.22. The van der Waals surface area contributed by atoms with Crippen molar-refractivity contribution in [3.8, 4) is 5.75 Å². The van der Waals surface area contributed by atoms with Gasteiger partial charge in [0.15, 0.2) is 5.75 Å². The van der Waals surface area contributed by atoms with Gasteiger partial charge in [-0.3, -0.25) is 10.1 Å². The van der Waals surface area contributed by atoms with E-state index < -0.39 is 14.0 Å². The molecule has 0 atom stereocenters. The van der Waals surface area contributed by atoms with Gasteiger partial charge >= 0.3 is 5.69 Å². The Kier molecular flexibility index (Phi) is 6.38. The standard InChI is InChI=1S/C12H16ClNO6S/c1-9-7-10(2)12(11(8-9)14(15)16)20-4-3-19-5-6-21(13,17)18/h7-8H,3-6H2,1-2H3. The number of hydrogen-bond donors (Lipinski definition) is 0. The minimum Gasteiger partial charge on any atom is -0.484 e. The predicted octanol–water partition coefficient (Wildman–Crippen LogP) is 2.18. The molecule has 0 amide bonds. The predicted molar refractivity (Wildman–Crippen MR) is 78.5 cm³/mol. The first-order chi connectivity index (χ1) is 9.70. The van der Waals surface area contributed by atoms with Gasteiger partial charge in [-0.2, -0.15) is 0 Å². The highest BCUT2D eigenvalue weighted by Crippen LogP contribution is 2.31. The molecule has 0 heterocycles. The van der Waals surface area contributed by atoms with Gasteiger partial charge in [-0.25, -0.2) is 8.42 Å². The highest BCUT2D eigenvalue weighted by Gasteiger charge is 2.18. The minimum atomic E-state index is -3.58. The van der Waals surface area contributed by atoms with Gasteiger partial charge in [-0.1, -0.05) is 6.07 Å². The summed E-state index contributed by atoms with van der Waals surface area (Å²) in [5.41, 5.74) is 1.33. The largest absolute Gasteiger partial charge is 0.484 e. The second kappa shape index (κ2) is 7.58. The van der Waals surface area contributed by atoms with Crippen LogP contribution in [0.25, 0.3) is 0 Å². The zero-order valence-corrected chi connectivity index (χ0v) is 13.2. The van der Waals surface area contributed by atoms with E-state index in [1.807, 2.05) is 0 Å². The molecule has 1 rings (SSSR count). The van der Waals surface area contributed by atoms with Crippen molar-refractivity contribution in [3.05, 3.63) is 33.4 Å². The van der Waals surface area contributed by atoms with E-state index in [1.54, 1.807) is 19.9 Å². The van der Waals surface area contributed by atoms with Crippen LogP contribution in [0.2, 0.25) is 0 Å². The van der Waals surface area contributed by atoms with Crippen molar-refractivity contribution in [1.82, 2.24) is 0 Å². The lowest BCUT2D eigenvalue weighted by Gasteiger charge is -2.10. The number of aryl methyl sites for hydroxylation is 2. The van der Waals surface area contributed by atoms with Crippen LogP contribution in [0.5, 0.6) is 5.75 Å². The van der Waals surface area contributed by atoms with Crippen molar-refractivity contribution >= 4 is 25.4 Å². The van der Waals surface area contributed by atoms with Crippen molar-refractivity contribution in [2.75, 3.05) is 25.6 Å². The average Bonchev–Trinajstić information content (AvgIpc) is 2.33. The molecule has 0 N–H and O–H groups in total. The number of halogens is 1. The molecular formula is C12H16ClNO6S. The summed E-state index contributed by atoms with van der Waals surface area (Å²) in [7, 11) is 1.44. The Morgan fingerprint density at radius 3 is 2.48 bits per heavy atom. The van der Waals surface area contributed by atoms with Gasteiger partial charge in [0.05, 0.1) is 23.9 Å². The lowest BCUT2D eigenvalue weighted by molar-refractivity contribution is -0.386. The summed E-state index contributed by atoms with van der Waals surface area (Å²) in [6.07, 6.45) is 0. The number of nitro benzene ring substituents is 1. The Labute approximate surface area is 127 Å². The Hall–Kier alpha value is -1.38. The molecule has 0 saturated carbocycles. The first kappa shape index (κ1) is 17.7. The van der Waals surface area contributed by atoms with Crippen LogP contribution in [-0.4, -0.2) is 38.9 Å². The summed E-state index contributed by atoms with van der Waals surface area (Å²) in [5.74, 6) is -0.0997. The van der Waals surface area contributed by atoms with E-state index >= 15 is 0 Å². The van der Waals surface area contributed by atoms with Crippen LogP contribution >= 0.6 is 10.7 Å². The number of nitrogens with zero attached hydrogens (tertiary/aromatic N) is 1. The van der Waals surface area contributed by atoms with Crippen molar-refractivity contribution < 1.29 is 22.8 Å². The quantitative estimate of drug-likeness (QED) is 0.312. The topological polar surface area (TPSA) is 95.7 Å². The van der Waals surface area contributed by atoms with E-state index in [0.29, 0.717) is 5.56 Å². The van der Waals surface area contributed by atoms with Crippen molar-refractivity contribution in [1.29, 1.82) is 0 Å². The SMILES string of the molecule is Cc1cc(C)c(OCCOCCS(=O)(=O)Cl)c([N+](=O)[O-])c1. The van der Waals surface area contributed by atoms with Crippen LogP contribution in [-0.2, 0) is 13.8 Å². The van der Waals surface area contributed by atoms with Gasteiger partial charge in [0, 0.05) is 16.7 Å². The summed E-state index contributed by atoms with van der Waals surface area (Å²) < 4.78 is 31.7. The Morgan fingerprint density at radius 1 is 1.24 bits per heavy atom. The van der Waals surface area contributed by atoms with Gasteiger partial charge in [-0.15, -0.1) is 0 Å². The maximum absolute atomic E-state index is 11.0. The van der Waals surface area contributed by atoms with Gasteiger partial charge in [0.25, 0.3) is 0 Å². The lowest BCUT2D eigenvalue weighted by Crippen LogP contribution is -2.13. The van der Waals surface area contributed by atoms with Crippen LogP contribution in [0.4, 0.5) is 5.69 Å². The number of benzene rings is 1.